The lowest BCUT2D eigenvalue weighted by Gasteiger charge is -2.28. The molecule has 6 nitrogen and oxygen atoms in total. The molecule has 2 atom stereocenters. The van der Waals surface area contributed by atoms with Gasteiger partial charge in [-0.25, -0.2) is 17.5 Å². The molecule has 1 aliphatic carbocycles. The van der Waals surface area contributed by atoms with Gasteiger partial charge in [0.05, 0.1) is 5.75 Å². The first-order chi connectivity index (χ1) is 11.0. The predicted molar refractivity (Wildman–Crippen MR) is 91.7 cm³/mol. The zero-order valence-electron chi connectivity index (χ0n) is 14.2. The van der Waals surface area contributed by atoms with Crippen molar-refractivity contribution in [3.8, 4) is 0 Å². The summed E-state index contributed by atoms with van der Waals surface area (Å²) in [6.45, 7) is 4.67. The molecule has 2 fully saturated rings. The molecule has 0 bridgehead atoms. The minimum atomic E-state index is -3.01. The molecule has 2 N–H and O–H groups in total. The number of urea groups is 1. The maximum absolute atomic E-state index is 11.7. The molecule has 1 heterocycles. The fourth-order valence-corrected chi connectivity index (χ4v) is 5.22. The van der Waals surface area contributed by atoms with Crippen molar-refractivity contribution in [2.75, 3.05) is 31.9 Å². The second-order valence-electron chi connectivity index (χ2n) is 6.92. The molecule has 0 aromatic carbocycles. The molecule has 2 rings (SSSR count). The molecule has 2 unspecified atom stereocenters. The van der Waals surface area contributed by atoms with E-state index in [4.69, 9.17) is 0 Å². The summed E-state index contributed by atoms with van der Waals surface area (Å²) < 4.78 is 24.8. The molecule has 0 aromatic rings. The van der Waals surface area contributed by atoms with Crippen molar-refractivity contribution in [3.63, 3.8) is 0 Å². The van der Waals surface area contributed by atoms with Crippen molar-refractivity contribution >= 4 is 16.1 Å². The molecule has 1 aliphatic heterocycles. The standard InChI is InChI=1S/C16H31N3O3S/c1-14-6-2-3-7-15(14)8-10-18-16(20)17-9-4-11-19-12-5-13-23(19,21)22/h14-15H,2-13H2,1H3,(H2,17,18,20). The van der Waals surface area contributed by atoms with Crippen LogP contribution in [0.1, 0.15) is 51.9 Å². The lowest BCUT2D eigenvalue weighted by molar-refractivity contribution is 0.227. The maximum Gasteiger partial charge on any atom is 0.314 e. The number of sulfonamides is 1. The fourth-order valence-electron chi connectivity index (χ4n) is 3.66. The molecule has 134 valence electrons. The highest BCUT2D eigenvalue weighted by Crippen LogP contribution is 2.31. The van der Waals surface area contributed by atoms with Crippen LogP contribution in [0, 0.1) is 11.8 Å². The number of hydrogen-bond acceptors (Lipinski definition) is 3. The summed E-state index contributed by atoms with van der Waals surface area (Å²) in [6, 6.07) is -0.141. The molecule has 0 spiro atoms. The molecular formula is C16H31N3O3S. The third-order valence-electron chi connectivity index (χ3n) is 5.16. The number of nitrogens with zero attached hydrogens (tertiary/aromatic N) is 1. The number of amides is 2. The van der Waals surface area contributed by atoms with E-state index < -0.39 is 10.0 Å². The summed E-state index contributed by atoms with van der Waals surface area (Å²) in [5, 5.41) is 5.72. The van der Waals surface area contributed by atoms with Crippen LogP contribution < -0.4 is 10.6 Å². The molecule has 0 aromatic heterocycles. The van der Waals surface area contributed by atoms with Gasteiger partial charge in [-0.3, -0.25) is 0 Å². The van der Waals surface area contributed by atoms with Crippen molar-refractivity contribution in [1.29, 1.82) is 0 Å². The molecule has 0 radical (unpaired) electrons. The first-order valence-corrected chi connectivity index (χ1v) is 10.6. The number of carbonyl (C=O) groups is 1. The topological polar surface area (TPSA) is 78.5 Å². The zero-order chi connectivity index (χ0) is 16.7. The van der Waals surface area contributed by atoms with Crippen LogP contribution in [0.4, 0.5) is 4.79 Å². The zero-order valence-corrected chi connectivity index (χ0v) is 15.0. The molecule has 1 saturated carbocycles. The van der Waals surface area contributed by atoms with Crippen LogP contribution in [0.2, 0.25) is 0 Å². The van der Waals surface area contributed by atoms with Gasteiger partial charge in [-0.15, -0.1) is 0 Å². The van der Waals surface area contributed by atoms with Gasteiger partial charge in [-0.1, -0.05) is 32.6 Å². The van der Waals surface area contributed by atoms with Gasteiger partial charge in [0, 0.05) is 26.2 Å². The Labute approximate surface area is 140 Å². The smallest absolute Gasteiger partial charge is 0.314 e. The van der Waals surface area contributed by atoms with Gasteiger partial charge in [0.15, 0.2) is 0 Å². The van der Waals surface area contributed by atoms with E-state index in [9.17, 15) is 13.2 Å². The molecular weight excluding hydrogens is 314 g/mol. The molecule has 2 amide bonds. The predicted octanol–water partition coefficient (Wildman–Crippen LogP) is 1.93. The summed E-state index contributed by atoms with van der Waals surface area (Å²) in [5.74, 6) is 1.78. The van der Waals surface area contributed by atoms with Crippen LogP contribution in [-0.2, 0) is 10.0 Å². The van der Waals surface area contributed by atoms with E-state index in [1.54, 1.807) is 0 Å². The largest absolute Gasteiger partial charge is 0.338 e. The van der Waals surface area contributed by atoms with Gasteiger partial charge in [0.1, 0.15) is 0 Å². The van der Waals surface area contributed by atoms with E-state index in [0.717, 1.165) is 31.2 Å². The van der Waals surface area contributed by atoms with Crippen LogP contribution in [0.3, 0.4) is 0 Å². The average molecular weight is 346 g/mol. The SMILES string of the molecule is CC1CCCCC1CCNC(=O)NCCCN1CCCS1(=O)=O. The quantitative estimate of drug-likeness (QED) is 0.692. The summed E-state index contributed by atoms with van der Waals surface area (Å²) in [5.41, 5.74) is 0. The van der Waals surface area contributed by atoms with Gasteiger partial charge in [-0.05, 0) is 31.1 Å². The van der Waals surface area contributed by atoms with Crippen LogP contribution >= 0.6 is 0 Å². The highest BCUT2D eigenvalue weighted by molar-refractivity contribution is 7.89. The summed E-state index contributed by atoms with van der Waals surface area (Å²) >= 11 is 0. The van der Waals surface area contributed by atoms with Gasteiger partial charge >= 0.3 is 6.03 Å². The van der Waals surface area contributed by atoms with Crippen molar-refractivity contribution in [3.05, 3.63) is 0 Å². The summed E-state index contributed by atoms with van der Waals surface area (Å²) in [6.07, 6.45) is 7.70. The lowest BCUT2D eigenvalue weighted by Crippen LogP contribution is -2.38. The highest BCUT2D eigenvalue weighted by atomic mass is 32.2. The van der Waals surface area contributed by atoms with Crippen LogP contribution in [-0.4, -0.2) is 50.7 Å². The lowest BCUT2D eigenvalue weighted by atomic mass is 9.79. The van der Waals surface area contributed by atoms with E-state index in [-0.39, 0.29) is 11.8 Å². The Balaban J connectivity index is 1.52. The van der Waals surface area contributed by atoms with E-state index in [0.29, 0.717) is 26.1 Å². The minimum absolute atomic E-state index is 0.141. The Bertz CT molecular complexity index is 481. The Morgan fingerprint density at radius 3 is 2.57 bits per heavy atom. The van der Waals surface area contributed by atoms with Crippen LogP contribution in [0.15, 0.2) is 0 Å². The summed E-state index contributed by atoms with van der Waals surface area (Å²) in [7, 11) is -3.01. The van der Waals surface area contributed by atoms with Gasteiger partial charge in [-0.2, -0.15) is 0 Å². The number of hydrogen-bond donors (Lipinski definition) is 2. The van der Waals surface area contributed by atoms with Crippen molar-refractivity contribution in [2.24, 2.45) is 11.8 Å². The molecule has 7 heteroatoms. The first-order valence-electron chi connectivity index (χ1n) is 8.98. The average Bonchev–Trinajstić information content (AvgIpc) is 2.84. The van der Waals surface area contributed by atoms with E-state index in [1.165, 1.54) is 30.0 Å². The van der Waals surface area contributed by atoms with E-state index >= 15 is 0 Å². The van der Waals surface area contributed by atoms with Crippen molar-refractivity contribution < 1.29 is 13.2 Å². The molecule has 1 saturated heterocycles. The third kappa shape index (κ3) is 5.95. The van der Waals surface area contributed by atoms with E-state index in [2.05, 4.69) is 17.6 Å². The van der Waals surface area contributed by atoms with Crippen LogP contribution in [0.5, 0.6) is 0 Å². The second-order valence-corrected chi connectivity index (χ2v) is 9.00. The third-order valence-corrected chi connectivity index (χ3v) is 7.12. The van der Waals surface area contributed by atoms with Crippen LogP contribution in [0.25, 0.3) is 0 Å². The number of carbonyl (C=O) groups excluding carboxylic acids is 1. The Hall–Kier alpha value is -0.820. The van der Waals surface area contributed by atoms with Gasteiger partial charge in [0.25, 0.3) is 0 Å². The maximum atomic E-state index is 11.7. The Kier molecular flexibility index (Phi) is 7.14. The van der Waals surface area contributed by atoms with Gasteiger partial charge in [0.2, 0.25) is 10.0 Å². The van der Waals surface area contributed by atoms with E-state index in [1.807, 2.05) is 0 Å². The minimum Gasteiger partial charge on any atom is -0.338 e. The number of nitrogens with one attached hydrogen (secondary N) is 2. The number of rotatable bonds is 7. The first kappa shape index (κ1) is 18.5. The Morgan fingerprint density at radius 2 is 1.87 bits per heavy atom. The highest BCUT2D eigenvalue weighted by Gasteiger charge is 2.27. The monoisotopic (exact) mass is 345 g/mol. The Morgan fingerprint density at radius 1 is 1.13 bits per heavy atom. The molecule has 2 aliphatic rings. The van der Waals surface area contributed by atoms with Crippen molar-refractivity contribution in [2.45, 2.75) is 51.9 Å². The normalized spacial score (nSPS) is 27.7. The summed E-state index contributed by atoms with van der Waals surface area (Å²) in [4.78, 5) is 11.7. The fraction of sp³-hybridized carbons (Fsp3) is 0.938. The molecule has 23 heavy (non-hydrogen) atoms. The van der Waals surface area contributed by atoms with Gasteiger partial charge < -0.3 is 10.6 Å². The second kappa shape index (κ2) is 8.87. The van der Waals surface area contributed by atoms with Crippen molar-refractivity contribution in [1.82, 2.24) is 14.9 Å².